The molecule has 8 aliphatic rings. The first-order valence-corrected chi connectivity index (χ1v) is 13.6. The average molecular weight is 737 g/mol. The average Bonchev–Trinajstić information content (AvgIpc) is 3.06. The molecule has 0 radical (unpaired) electrons. The second kappa shape index (κ2) is 16.7. The van der Waals surface area contributed by atoms with Crippen molar-refractivity contribution >= 4 is 25.4 Å². The number of rotatable bonds is 0. The van der Waals surface area contributed by atoms with E-state index in [1.54, 1.807) is 25.4 Å². The molecule has 17 heteroatoms. The minimum atomic E-state index is 0. The van der Waals surface area contributed by atoms with Gasteiger partial charge in [-0.3, -0.25) is 21.3 Å². The van der Waals surface area contributed by atoms with Crippen molar-refractivity contribution in [1.82, 2.24) is 63.8 Å². The summed E-state index contributed by atoms with van der Waals surface area (Å²) in [6.45, 7) is 7.30. The van der Waals surface area contributed by atoms with Gasteiger partial charge in [-0.1, -0.05) is 0 Å². The van der Waals surface area contributed by atoms with Gasteiger partial charge in [0.1, 0.15) is 0 Å². The first-order valence-electron chi connectivity index (χ1n) is 13.6. The Labute approximate surface area is 254 Å². The molecule has 0 spiro atoms. The summed E-state index contributed by atoms with van der Waals surface area (Å²) in [6, 6.07) is 1.58. The molecule has 0 aliphatic carbocycles. The van der Waals surface area contributed by atoms with Crippen LogP contribution in [0.2, 0.25) is 0 Å². The Kier molecular flexibility index (Phi) is 12.5. The molecule has 4 unspecified atom stereocenters. The molecule has 4 fully saturated rings. The van der Waals surface area contributed by atoms with Gasteiger partial charge in [0.2, 0.25) is 0 Å². The van der Waals surface area contributed by atoms with Crippen LogP contribution in [0.3, 0.4) is 0 Å². The van der Waals surface area contributed by atoms with Crippen LogP contribution in [0.25, 0.3) is 0 Å². The van der Waals surface area contributed by atoms with E-state index in [0.717, 1.165) is 52.9 Å². The number of aliphatic imine (C=N–C) groups is 4. The van der Waals surface area contributed by atoms with Crippen LogP contribution in [0.1, 0.15) is 0 Å². The normalized spacial score (nSPS) is 28.9. The SMILES string of the molecule is C1=NC=C2NCNCC2N1.C1=NC=C2NCNCC2N1.C1=NC=C2NCNCC2N1.C1=NC=C2NCNCC2N1.[W]. The van der Waals surface area contributed by atoms with E-state index in [0.29, 0.717) is 24.2 Å². The minimum Gasteiger partial charge on any atom is -0.373 e. The Hall–Kier alpha value is -3.43. The van der Waals surface area contributed by atoms with Gasteiger partial charge in [0, 0.05) is 72.0 Å². The van der Waals surface area contributed by atoms with Gasteiger partial charge < -0.3 is 42.5 Å². The molecular weight excluding hydrogens is 696 g/mol. The fraction of sp³-hybridized carbons (Fsp3) is 0.500. The first-order chi connectivity index (χ1) is 19.9. The molecule has 8 heterocycles. The molecule has 4 atom stereocenters. The Morgan fingerprint density at radius 3 is 0.878 bits per heavy atom. The van der Waals surface area contributed by atoms with Crippen LogP contribution in [0, 0.1) is 0 Å². The minimum absolute atomic E-state index is 0. The van der Waals surface area contributed by atoms with Crippen molar-refractivity contribution in [2.45, 2.75) is 24.2 Å². The summed E-state index contributed by atoms with van der Waals surface area (Å²) in [4.78, 5) is 15.9. The predicted octanol–water partition coefficient (Wildman–Crippen LogP) is -4.09. The van der Waals surface area contributed by atoms with Crippen LogP contribution < -0.4 is 63.8 Å². The van der Waals surface area contributed by atoms with Crippen LogP contribution in [0.5, 0.6) is 0 Å². The molecule has 0 aromatic rings. The Morgan fingerprint density at radius 2 is 0.659 bits per heavy atom. The zero-order valence-corrected chi connectivity index (χ0v) is 25.7. The standard InChI is InChI=1S/4C6H10N4.W/c4*1-5-6(10-3-7-1)2-8-4-9-5;/h4*1,3,6,8-9H,2,4H2,(H,7,10);. The smallest absolute Gasteiger partial charge is 0.0885 e. The van der Waals surface area contributed by atoms with Crippen LogP contribution in [0.15, 0.2) is 67.6 Å². The molecule has 12 N–H and O–H groups in total. The molecule has 0 amide bonds. The van der Waals surface area contributed by atoms with Crippen molar-refractivity contribution in [2.75, 3.05) is 52.9 Å². The Balaban J connectivity index is 0.000000125. The van der Waals surface area contributed by atoms with E-state index in [9.17, 15) is 0 Å². The summed E-state index contributed by atoms with van der Waals surface area (Å²) in [5.41, 5.74) is 4.73. The van der Waals surface area contributed by atoms with E-state index in [-0.39, 0.29) is 21.1 Å². The van der Waals surface area contributed by atoms with Crippen LogP contribution in [-0.4, -0.2) is 102 Å². The molecule has 8 rings (SSSR count). The Morgan fingerprint density at radius 1 is 0.415 bits per heavy atom. The zero-order valence-electron chi connectivity index (χ0n) is 22.8. The van der Waals surface area contributed by atoms with E-state index in [4.69, 9.17) is 0 Å². The van der Waals surface area contributed by atoms with Gasteiger partial charge in [-0.05, 0) is 0 Å². The molecule has 0 aromatic heterocycles. The number of nitrogens with zero attached hydrogens (tertiary/aromatic N) is 4. The van der Waals surface area contributed by atoms with Crippen molar-refractivity contribution in [3.8, 4) is 0 Å². The van der Waals surface area contributed by atoms with Crippen molar-refractivity contribution < 1.29 is 21.1 Å². The Bertz CT molecular complexity index is 912. The van der Waals surface area contributed by atoms with Gasteiger partial charge in [0.05, 0.1) is 99.0 Å². The summed E-state index contributed by atoms with van der Waals surface area (Å²) in [5, 5.41) is 38.2. The largest absolute Gasteiger partial charge is 0.373 e. The molecule has 0 bridgehead atoms. The first kappa shape index (κ1) is 30.5. The van der Waals surface area contributed by atoms with Crippen molar-refractivity contribution in [1.29, 1.82) is 0 Å². The van der Waals surface area contributed by atoms with E-state index < -0.39 is 0 Å². The summed E-state index contributed by atoms with van der Waals surface area (Å²) in [6.07, 6.45) is 14.4. The molecule has 0 saturated carbocycles. The molecule has 8 aliphatic heterocycles. The molecule has 16 nitrogen and oxygen atoms in total. The van der Waals surface area contributed by atoms with E-state index in [1.807, 2.05) is 24.8 Å². The third-order valence-electron chi connectivity index (χ3n) is 6.82. The maximum atomic E-state index is 3.97. The fourth-order valence-corrected chi connectivity index (χ4v) is 4.60. The number of nitrogens with one attached hydrogen (secondary N) is 12. The summed E-state index contributed by atoms with van der Waals surface area (Å²) in [5.74, 6) is 0. The third-order valence-corrected chi connectivity index (χ3v) is 6.82. The van der Waals surface area contributed by atoms with Gasteiger partial charge in [0.15, 0.2) is 0 Å². The van der Waals surface area contributed by atoms with E-state index in [2.05, 4.69) is 83.8 Å². The van der Waals surface area contributed by atoms with E-state index in [1.165, 1.54) is 22.8 Å². The van der Waals surface area contributed by atoms with Gasteiger partial charge in [-0.2, -0.15) is 0 Å². The van der Waals surface area contributed by atoms with Gasteiger partial charge in [0.25, 0.3) is 0 Å². The maximum absolute atomic E-state index is 3.97. The van der Waals surface area contributed by atoms with Crippen molar-refractivity contribution in [3.63, 3.8) is 0 Å². The van der Waals surface area contributed by atoms with Crippen molar-refractivity contribution in [2.24, 2.45) is 20.0 Å². The maximum Gasteiger partial charge on any atom is 0.0885 e. The molecule has 222 valence electrons. The van der Waals surface area contributed by atoms with Gasteiger partial charge in [-0.25, -0.2) is 20.0 Å². The number of hydrogen-bond acceptors (Lipinski definition) is 16. The summed E-state index contributed by atoms with van der Waals surface area (Å²) < 4.78 is 0. The fourth-order valence-electron chi connectivity index (χ4n) is 4.60. The van der Waals surface area contributed by atoms with Gasteiger partial charge >= 0.3 is 0 Å². The van der Waals surface area contributed by atoms with Crippen LogP contribution >= 0.6 is 0 Å². The quantitative estimate of drug-likeness (QED) is 0.115. The number of hydrogen-bond donors (Lipinski definition) is 12. The number of fused-ring (bicyclic) bond motifs is 4. The van der Waals surface area contributed by atoms with Crippen LogP contribution in [-0.2, 0) is 21.1 Å². The molecule has 41 heavy (non-hydrogen) atoms. The molecule has 4 saturated heterocycles. The second-order valence-corrected chi connectivity index (χ2v) is 9.56. The van der Waals surface area contributed by atoms with E-state index >= 15 is 0 Å². The monoisotopic (exact) mass is 736 g/mol. The topological polar surface area (TPSA) is 194 Å². The summed E-state index contributed by atoms with van der Waals surface area (Å²) in [7, 11) is 0. The van der Waals surface area contributed by atoms with Crippen LogP contribution in [0.4, 0.5) is 0 Å². The van der Waals surface area contributed by atoms with Gasteiger partial charge in [-0.15, -0.1) is 0 Å². The molecular formula is C24H40N16W. The second-order valence-electron chi connectivity index (χ2n) is 9.56. The summed E-state index contributed by atoms with van der Waals surface area (Å²) >= 11 is 0. The molecule has 0 aromatic carbocycles. The third kappa shape index (κ3) is 9.29. The van der Waals surface area contributed by atoms with Crippen molar-refractivity contribution in [3.05, 3.63) is 47.6 Å². The zero-order chi connectivity index (χ0) is 27.2. The predicted molar refractivity (Wildman–Crippen MR) is 158 cm³/mol.